The summed E-state index contributed by atoms with van der Waals surface area (Å²) in [6.45, 7) is 1.70. The lowest BCUT2D eigenvalue weighted by Gasteiger charge is -2.34. The lowest BCUT2D eigenvalue weighted by Crippen LogP contribution is -2.48. The number of nitrogens with zero attached hydrogens (tertiary/aromatic N) is 4. The van der Waals surface area contributed by atoms with Gasteiger partial charge in [-0.3, -0.25) is 14.0 Å². The monoisotopic (exact) mass is 488 g/mol. The van der Waals surface area contributed by atoms with Gasteiger partial charge >= 0.3 is 12.3 Å². The van der Waals surface area contributed by atoms with Gasteiger partial charge in [0.25, 0.3) is 11.8 Å². The number of likely N-dealkylation sites (tertiary alicyclic amines) is 1. The molecule has 2 aromatic heterocycles. The number of hydrogen-bond acceptors (Lipinski definition) is 5. The first-order chi connectivity index (χ1) is 14.1. The predicted molar refractivity (Wildman–Crippen MR) is 99.8 cm³/mol. The van der Waals surface area contributed by atoms with Gasteiger partial charge in [0.1, 0.15) is 4.60 Å². The van der Waals surface area contributed by atoms with E-state index in [1.165, 1.54) is 22.4 Å². The summed E-state index contributed by atoms with van der Waals surface area (Å²) in [4.78, 5) is 43.0. The average molecular weight is 489 g/mol. The second kappa shape index (κ2) is 7.25. The number of pyridine rings is 1. The molecule has 0 unspecified atom stereocenters. The Kier molecular flexibility index (Phi) is 4.99. The first kappa shape index (κ1) is 20.6. The highest BCUT2D eigenvalue weighted by atomic mass is 79.9. The van der Waals surface area contributed by atoms with Crippen LogP contribution in [0.25, 0.3) is 5.65 Å². The number of imide groups is 1. The van der Waals surface area contributed by atoms with Gasteiger partial charge in [-0.15, -0.1) is 0 Å². The minimum atomic E-state index is -4.62. The van der Waals surface area contributed by atoms with E-state index < -0.39 is 29.6 Å². The summed E-state index contributed by atoms with van der Waals surface area (Å²) < 4.78 is 46.3. The zero-order chi connectivity index (χ0) is 21.8. The number of imidazole rings is 1. The molecule has 8 nitrogen and oxygen atoms in total. The maximum absolute atomic E-state index is 13.4. The molecule has 4 heterocycles. The van der Waals surface area contributed by atoms with Crippen molar-refractivity contribution in [2.75, 3.05) is 19.7 Å². The SMILES string of the molecule is Cc1cc(C(F)(F)F)c2nc(C(=O)N3CCC(N4C(=O)COC4=O)CC3)c(Br)n2c1. The third-order valence-electron chi connectivity index (χ3n) is 5.21. The molecule has 30 heavy (non-hydrogen) atoms. The number of amides is 3. The molecule has 2 aliphatic rings. The number of hydrogen-bond donors (Lipinski definition) is 0. The molecule has 2 aliphatic heterocycles. The summed E-state index contributed by atoms with van der Waals surface area (Å²) >= 11 is 3.21. The van der Waals surface area contributed by atoms with Crippen molar-refractivity contribution in [3.8, 4) is 0 Å². The fourth-order valence-corrected chi connectivity index (χ4v) is 4.32. The predicted octanol–water partition coefficient (Wildman–Crippen LogP) is 3.01. The topological polar surface area (TPSA) is 84.2 Å². The van der Waals surface area contributed by atoms with E-state index in [1.54, 1.807) is 0 Å². The molecule has 0 saturated carbocycles. The molecule has 4 rings (SSSR count). The van der Waals surface area contributed by atoms with Crippen molar-refractivity contribution in [3.05, 3.63) is 33.7 Å². The summed E-state index contributed by atoms with van der Waals surface area (Å²) in [5, 5.41) is 0. The second-order valence-electron chi connectivity index (χ2n) is 7.22. The molecule has 0 radical (unpaired) electrons. The number of fused-ring (bicyclic) bond motifs is 1. The molecule has 0 N–H and O–H groups in total. The van der Waals surface area contributed by atoms with Crippen molar-refractivity contribution < 1.29 is 32.3 Å². The Morgan fingerprint density at radius 1 is 1.27 bits per heavy atom. The molecule has 0 spiro atoms. The summed E-state index contributed by atoms with van der Waals surface area (Å²) in [6.07, 6.45) is -3.14. The van der Waals surface area contributed by atoms with Crippen LogP contribution < -0.4 is 0 Å². The summed E-state index contributed by atoms with van der Waals surface area (Å²) in [5.41, 5.74) is -1.04. The van der Waals surface area contributed by atoms with Gasteiger partial charge in [0, 0.05) is 25.3 Å². The van der Waals surface area contributed by atoms with Crippen molar-refractivity contribution in [2.24, 2.45) is 0 Å². The highest BCUT2D eigenvalue weighted by Crippen LogP contribution is 2.35. The largest absolute Gasteiger partial charge is 0.439 e. The van der Waals surface area contributed by atoms with E-state index in [1.807, 2.05) is 0 Å². The molecular weight excluding hydrogens is 473 g/mol. The molecule has 0 bridgehead atoms. The number of carbonyl (C=O) groups is 3. The lowest BCUT2D eigenvalue weighted by atomic mass is 10.0. The van der Waals surface area contributed by atoms with Gasteiger partial charge in [0.2, 0.25) is 0 Å². The molecule has 160 valence electrons. The van der Waals surface area contributed by atoms with Crippen molar-refractivity contribution in [1.29, 1.82) is 0 Å². The molecule has 12 heteroatoms. The van der Waals surface area contributed by atoms with E-state index >= 15 is 0 Å². The second-order valence-corrected chi connectivity index (χ2v) is 7.97. The Labute approximate surface area is 176 Å². The van der Waals surface area contributed by atoms with E-state index in [-0.39, 0.29) is 41.7 Å². The van der Waals surface area contributed by atoms with Crippen LogP contribution in [0.2, 0.25) is 0 Å². The smallest absolute Gasteiger partial charge is 0.419 e. The number of carbonyl (C=O) groups excluding carboxylic acids is 3. The van der Waals surface area contributed by atoms with Gasteiger partial charge in [0.15, 0.2) is 17.9 Å². The number of aryl methyl sites for hydroxylation is 1. The van der Waals surface area contributed by atoms with E-state index in [0.29, 0.717) is 18.4 Å². The number of alkyl halides is 3. The summed E-state index contributed by atoms with van der Waals surface area (Å²) in [6, 6.07) is 0.612. The molecule has 0 atom stereocenters. The Morgan fingerprint density at radius 3 is 2.50 bits per heavy atom. The highest BCUT2D eigenvalue weighted by Gasteiger charge is 2.40. The first-order valence-corrected chi connectivity index (χ1v) is 9.90. The van der Waals surface area contributed by atoms with E-state index in [2.05, 4.69) is 20.9 Å². The molecule has 3 amide bonds. The fraction of sp³-hybridized carbons (Fsp3) is 0.444. The number of aromatic nitrogens is 2. The van der Waals surface area contributed by atoms with Gasteiger partial charge in [-0.25, -0.2) is 14.7 Å². The Balaban J connectivity index is 1.58. The quantitative estimate of drug-likeness (QED) is 0.648. The zero-order valence-electron chi connectivity index (χ0n) is 15.7. The normalized spacial score (nSPS) is 18.4. The van der Waals surface area contributed by atoms with E-state index in [9.17, 15) is 27.6 Å². The van der Waals surface area contributed by atoms with Gasteiger partial charge in [-0.2, -0.15) is 13.2 Å². The molecule has 2 saturated heterocycles. The van der Waals surface area contributed by atoms with E-state index in [0.717, 1.165) is 11.0 Å². The van der Waals surface area contributed by atoms with Crippen LogP contribution in [-0.2, 0) is 15.7 Å². The van der Waals surface area contributed by atoms with Crippen LogP contribution in [-0.4, -0.2) is 62.8 Å². The maximum atomic E-state index is 13.4. The van der Waals surface area contributed by atoms with Gasteiger partial charge in [0.05, 0.1) is 5.56 Å². The molecule has 2 fully saturated rings. The fourth-order valence-electron chi connectivity index (χ4n) is 3.79. The number of piperidine rings is 1. The van der Waals surface area contributed by atoms with Crippen LogP contribution in [0.1, 0.15) is 34.5 Å². The first-order valence-electron chi connectivity index (χ1n) is 9.11. The van der Waals surface area contributed by atoms with Crippen molar-refractivity contribution >= 4 is 39.5 Å². The molecule has 0 aliphatic carbocycles. The van der Waals surface area contributed by atoms with Gasteiger partial charge in [-0.05, 0) is 47.3 Å². The average Bonchev–Trinajstić information content (AvgIpc) is 3.19. The number of ether oxygens (including phenoxy) is 1. The van der Waals surface area contributed by atoms with Crippen LogP contribution in [0.5, 0.6) is 0 Å². The number of halogens is 4. The number of rotatable bonds is 2. The molecule has 2 aromatic rings. The van der Waals surface area contributed by atoms with Gasteiger partial charge in [-0.1, -0.05) is 0 Å². The zero-order valence-corrected chi connectivity index (χ0v) is 17.3. The van der Waals surface area contributed by atoms with Crippen LogP contribution >= 0.6 is 15.9 Å². The molecular formula is C18H16BrF3N4O4. The van der Waals surface area contributed by atoms with Gasteiger partial charge < -0.3 is 9.64 Å². The third kappa shape index (κ3) is 3.42. The van der Waals surface area contributed by atoms with Crippen LogP contribution in [0, 0.1) is 6.92 Å². The minimum Gasteiger partial charge on any atom is -0.439 e. The Hall–Kier alpha value is -2.63. The van der Waals surface area contributed by atoms with Crippen LogP contribution in [0.3, 0.4) is 0 Å². The third-order valence-corrected chi connectivity index (χ3v) is 5.97. The summed E-state index contributed by atoms with van der Waals surface area (Å²) in [7, 11) is 0. The van der Waals surface area contributed by atoms with Crippen LogP contribution in [0.4, 0.5) is 18.0 Å². The Morgan fingerprint density at radius 2 is 1.93 bits per heavy atom. The maximum Gasteiger partial charge on any atom is 0.419 e. The standard InChI is InChI=1S/C18H16BrF3N4O4/c1-9-6-11(18(20,21)22)15-23-13(14(19)25(15)7-9)16(28)24-4-2-10(3-5-24)26-12(27)8-30-17(26)29/h6-7,10H,2-5,8H2,1H3. The molecule has 0 aromatic carbocycles. The highest BCUT2D eigenvalue weighted by molar-refractivity contribution is 9.10. The van der Waals surface area contributed by atoms with Crippen molar-refractivity contribution in [2.45, 2.75) is 32.0 Å². The van der Waals surface area contributed by atoms with Crippen molar-refractivity contribution in [3.63, 3.8) is 0 Å². The van der Waals surface area contributed by atoms with Crippen molar-refractivity contribution in [1.82, 2.24) is 19.2 Å². The minimum absolute atomic E-state index is 0.124. The van der Waals surface area contributed by atoms with E-state index in [4.69, 9.17) is 4.74 Å². The summed E-state index contributed by atoms with van der Waals surface area (Å²) in [5.74, 6) is -0.937. The lowest BCUT2D eigenvalue weighted by molar-refractivity contribution is -0.136. The Bertz CT molecular complexity index is 1040. The van der Waals surface area contributed by atoms with Crippen LogP contribution in [0.15, 0.2) is 16.9 Å². The number of cyclic esters (lactones) is 1.